The van der Waals surface area contributed by atoms with E-state index in [0.29, 0.717) is 11.8 Å². The average Bonchev–Trinajstić information content (AvgIpc) is 3.30. The summed E-state index contributed by atoms with van der Waals surface area (Å²) in [5.41, 5.74) is 0. The van der Waals surface area contributed by atoms with E-state index in [1.54, 1.807) is 0 Å². The van der Waals surface area contributed by atoms with Crippen LogP contribution in [0.5, 0.6) is 0 Å². The van der Waals surface area contributed by atoms with Gasteiger partial charge in [0.1, 0.15) is 0 Å². The molecule has 0 aromatic heterocycles. The number of piperidine rings is 1. The minimum Gasteiger partial charge on any atom is -0.353 e. The van der Waals surface area contributed by atoms with E-state index in [1.165, 1.54) is 12.8 Å². The minimum absolute atomic E-state index is 0.0933. The van der Waals surface area contributed by atoms with Gasteiger partial charge in [0.15, 0.2) is 0 Å². The zero-order chi connectivity index (χ0) is 16.1. The first-order chi connectivity index (χ1) is 10.5. The minimum atomic E-state index is 0.0933. The molecule has 1 heterocycles. The van der Waals surface area contributed by atoms with Crippen molar-refractivity contribution in [3.63, 3.8) is 0 Å². The van der Waals surface area contributed by atoms with Crippen molar-refractivity contribution in [1.82, 2.24) is 10.2 Å². The van der Waals surface area contributed by atoms with E-state index < -0.39 is 0 Å². The Morgan fingerprint density at radius 2 is 1.64 bits per heavy atom. The van der Waals surface area contributed by atoms with Crippen molar-refractivity contribution < 1.29 is 9.59 Å². The summed E-state index contributed by atoms with van der Waals surface area (Å²) in [5.74, 6) is 1.63. The Morgan fingerprint density at radius 3 is 2.18 bits per heavy atom. The van der Waals surface area contributed by atoms with E-state index in [2.05, 4.69) is 26.1 Å². The van der Waals surface area contributed by atoms with Crippen LogP contribution in [0.4, 0.5) is 0 Å². The molecule has 2 amide bonds. The van der Waals surface area contributed by atoms with Crippen LogP contribution in [0.25, 0.3) is 0 Å². The smallest absolute Gasteiger partial charge is 0.225 e. The largest absolute Gasteiger partial charge is 0.353 e. The van der Waals surface area contributed by atoms with Gasteiger partial charge in [0.2, 0.25) is 11.8 Å². The normalized spacial score (nSPS) is 21.0. The Labute approximate surface area is 135 Å². The van der Waals surface area contributed by atoms with Crippen molar-refractivity contribution in [2.45, 2.75) is 71.8 Å². The van der Waals surface area contributed by atoms with Crippen molar-refractivity contribution in [1.29, 1.82) is 0 Å². The van der Waals surface area contributed by atoms with Gasteiger partial charge in [0.05, 0.1) is 0 Å². The van der Waals surface area contributed by atoms with Crippen LogP contribution in [0.1, 0.15) is 65.7 Å². The van der Waals surface area contributed by atoms with E-state index in [0.717, 1.165) is 51.1 Å². The van der Waals surface area contributed by atoms with Gasteiger partial charge < -0.3 is 10.2 Å². The van der Waals surface area contributed by atoms with E-state index in [4.69, 9.17) is 0 Å². The van der Waals surface area contributed by atoms with Crippen molar-refractivity contribution in [3.8, 4) is 0 Å². The molecule has 1 aliphatic carbocycles. The summed E-state index contributed by atoms with van der Waals surface area (Å²) in [7, 11) is 0. The van der Waals surface area contributed by atoms with Crippen molar-refractivity contribution in [2.24, 2.45) is 17.8 Å². The molecule has 2 rings (SSSR count). The summed E-state index contributed by atoms with van der Waals surface area (Å²) in [6, 6.07) is 0.261. The molecule has 0 aromatic carbocycles. The topological polar surface area (TPSA) is 49.4 Å². The van der Waals surface area contributed by atoms with Gasteiger partial charge >= 0.3 is 0 Å². The van der Waals surface area contributed by atoms with Crippen molar-refractivity contribution in [3.05, 3.63) is 0 Å². The first-order valence-corrected chi connectivity index (χ1v) is 9.06. The van der Waals surface area contributed by atoms with Crippen LogP contribution in [0, 0.1) is 17.8 Å². The molecule has 1 aliphatic heterocycles. The predicted molar refractivity (Wildman–Crippen MR) is 88.3 cm³/mol. The summed E-state index contributed by atoms with van der Waals surface area (Å²) < 4.78 is 0. The molecule has 2 aliphatic rings. The summed E-state index contributed by atoms with van der Waals surface area (Å²) >= 11 is 0. The number of carbonyl (C=O) groups is 2. The predicted octanol–water partition coefficient (Wildman–Crippen LogP) is 2.97. The molecule has 1 N–H and O–H groups in total. The number of rotatable bonds is 7. The number of nitrogens with zero attached hydrogens (tertiary/aromatic N) is 1. The first-order valence-electron chi connectivity index (χ1n) is 9.06. The fraction of sp³-hybridized carbons (Fsp3) is 0.889. The van der Waals surface area contributed by atoms with E-state index in [1.807, 2.05) is 4.90 Å². The van der Waals surface area contributed by atoms with Gasteiger partial charge in [-0.2, -0.15) is 0 Å². The van der Waals surface area contributed by atoms with Crippen molar-refractivity contribution >= 4 is 11.8 Å². The fourth-order valence-corrected chi connectivity index (χ4v) is 3.22. The lowest BCUT2D eigenvalue weighted by atomic mass is 9.95. The summed E-state index contributed by atoms with van der Waals surface area (Å²) in [4.78, 5) is 26.3. The molecule has 1 saturated heterocycles. The van der Waals surface area contributed by atoms with Gasteiger partial charge in [-0.15, -0.1) is 0 Å². The van der Waals surface area contributed by atoms with Crippen LogP contribution in [-0.4, -0.2) is 35.8 Å². The highest BCUT2D eigenvalue weighted by Gasteiger charge is 2.36. The maximum absolute atomic E-state index is 12.3. The maximum Gasteiger partial charge on any atom is 0.225 e. The monoisotopic (exact) mass is 308 g/mol. The Balaban J connectivity index is 1.65. The SMILES string of the molecule is CC(C)CCCC(C)NC(=O)C1CCN(C(=O)C2CC2)CC1. The van der Waals surface area contributed by atoms with Gasteiger partial charge in [-0.3, -0.25) is 9.59 Å². The Morgan fingerprint density at radius 1 is 1.00 bits per heavy atom. The molecular weight excluding hydrogens is 276 g/mol. The summed E-state index contributed by atoms with van der Waals surface area (Å²) in [5, 5.41) is 3.16. The third-order valence-corrected chi connectivity index (χ3v) is 4.91. The number of nitrogens with one attached hydrogen (secondary N) is 1. The first kappa shape index (κ1) is 17.3. The second-order valence-corrected chi connectivity index (χ2v) is 7.61. The Bertz CT molecular complexity index is 383. The molecule has 0 aromatic rings. The van der Waals surface area contributed by atoms with Gasteiger partial charge in [-0.25, -0.2) is 0 Å². The molecule has 0 radical (unpaired) electrons. The lowest BCUT2D eigenvalue weighted by Gasteiger charge is -2.32. The van der Waals surface area contributed by atoms with Crippen LogP contribution in [0.2, 0.25) is 0 Å². The highest BCUT2D eigenvalue weighted by molar-refractivity contribution is 5.82. The zero-order valence-corrected chi connectivity index (χ0v) is 14.4. The van der Waals surface area contributed by atoms with Crippen molar-refractivity contribution in [2.75, 3.05) is 13.1 Å². The number of hydrogen-bond acceptors (Lipinski definition) is 2. The van der Waals surface area contributed by atoms with Gasteiger partial charge in [-0.1, -0.05) is 26.7 Å². The maximum atomic E-state index is 12.3. The molecule has 1 atom stereocenters. The number of hydrogen-bond donors (Lipinski definition) is 1. The second-order valence-electron chi connectivity index (χ2n) is 7.61. The molecule has 1 unspecified atom stereocenters. The number of amides is 2. The molecular formula is C18H32N2O2. The standard InChI is InChI=1S/C18H32N2O2/c1-13(2)5-4-6-14(3)19-17(21)15-9-11-20(12-10-15)18(22)16-7-8-16/h13-16H,4-12H2,1-3H3,(H,19,21). The van der Waals surface area contributed by atoms with Gasteiger partial charge in [0, 0.05) is 31.0 Å². The fourth-order valence-electron chi connectivity index (χ4n) is 3.22. The lowest BCUT2D eigenvalue weighted by molar-refractivity contribution is -0.136. The van der Waals surface area contributed by atoms with Crippen LogP contribution in [0.15, 0.2) is 0 Å². The highest BCUT2D eigenvalue weighted by Crippen LogP contribution is 2.32. The highest BCUT2D eigenvalue weighted by atomic mass is 16.2. The average molecular weight is 308 g/mol. The van der Waals surface area contributed by atoms with Crippen LogP contribution >= 0.6 is 0 Å². The molecule has 0 spiro atoms. The van der Waals surface area contributed by atoms with E-state index >= 15 is 0 Å². The molecule has 126 valence electrons. The quantitative estimate of drug-likeness (QED) is 0.786. The zero-order valence-electron chi connectivity index (χ0n) is 14.4. The van der Waals surface area contributed by atoms with E-state index in [-0.39, 0.29) is 17.9 Å². The van der Waals surface area contributed by atoms with Crippen LogP contribution < -0.4 is 5.32 Å². The lowest BCUT2D eigenvalue weighted by Crippen LogP contribution is -2.45. The van der Waals surface area contributed by atoms with Crippen LogP contribution in [-0.2, 0) is 9.59 Å². The Kier molecular flexibility index (Phi) is 6.27. The van der Waals surface area contributed by atoms with E-state index in [9.17, 15) is 9.59 Å². The Hall–Kier alpha value is -1.06. The molecule has 2 fully saturated rings. The molecule has 0 bridgehead atoms. The summed E-state index contributed by atoms with van der Waals surface area (Å²) in [6.45, 7) is 8.09. The second kappa shape index (κ2) is 7.98. The van der Waals surface area contributed by atoms with Crippen LogP contribution in [0.3, 0.4) is 0 Å². The molecule has 4 nitrogen and oxygen atoms in total. The molecule has 4 heteroatoms. The third kappa shape index (κ3) is 5.29. The number of carbonyl (C=O) groups excluding carboxylic acids is 2. The van der Waals surface area contributed by atoms with Gasteiger partial charge in [-0.05, 0) is 44.9 Å². The molecule has 1 saturated carbocycles. The molecule has 22 heavy (non-hydrogen) atoms. The third-order valence-electron chi connectivity index (χ3n) is 4.91. The number of likely N-dealkylation sites (tertiary alicyclic amines) is 1. The van der Waals surface area contributed by atoms with Gasteiger partial charge in [0.25, 0.3) is 0 Å². The summed E-state index contributed by atoms with van der Waals surface area (Å²) in [6.07, 6.45) is 7.23.